The lowest BCUT2D eigenvalue weighted by atomic mass is 10.1. The fourth-order valence-electron chi connectivity index (χ4n) is 4.25. The highest BCUT2D eigenvalue weighted by molar-refractivity contribution is 5.99. The van der Waals surface area contributed by atoms with Crippen LogP contribution in [0.15, 0.2) is 42.5 Å². The molecule has 0 aliphatic carbocycles. The number of hydrogen-bond donors (Lipinski definition) is 1. The van der Waals surface area contributed by atoms with Gasteiger partial charge in [0.15, 0.2) is 11.5 Å². The van der Waals surface area contributed by atoms with Gasteiger partial charge in [0.1, 0.15) is 6.61 Å². The Morgan fingerprint density at radius 3 is 2.45 bits per heavy atom. The average molecular weight is 419 g/mol. The molecule has 1 fully saturated rings. The van der Waals surface area contributed by atoms with Gasteiger partial charge in [-0.15, -0.1) is 0 Å². The van der Waals surface area contributed by atoms with Crippen molar-refractivity contribution in [2.45, 2.75) is 20.0 Å². The smallest absolute Gasteiger partial charge is 0.267 e. The van der Waals surface area contributed by atoms with Gasteiger partial charge in [-0.05, 0) is 49.7 Å². The van der Waals surface area contributed by atoms with Crippen LogP contribution in [-0.4, -0.2) is 65.5 Å². The fourth-order valence-corrected chi connectivity index (χ4v) is 4.25. The Hall–Kier alpha value is -3.48. The molecule has 7 nitrogen and oxygen atoms in total. The molecule has 0 bridgehead atoms. The summed E-state index contributed by atoms with van der Waals surface area (Å²) in [6.07, 6.45) is -0.653. The zero-order chi connectivity index (χ0) is 21.5. The van der Waals surface area contributed by atoms with Crippen molar-refractivity contribution >= 4 is 22.7 Å². The van der Waals surface area contributed by atoms with Crippen LogP contribution in [0.2, 0.25) is 0 Å². The summed E-state index contributed by atoms with van der Waals surface area (Å²) in [5.41, 5.74) is 3.99. The van der Waals surface area contributed by atoms with E-state index in [0.29, 0.717) is 43.2 Å². The number of piperazine rings is 1. The fraction of sp³-hybridized carbons (Fsp3) is 0.333. The van der Waals surface area contributed by atoms with Crippen LogP contribution in [0.4, 0.5) is 0 Å². The van der Waals surface area contributed by atoms with E-state index in [2.05, 4.69) is 11.9 Å². The number of aromatic nitrogens is 1. The van der Waals surface area contributed by atoms with E-state index in [1.807, 2.05) is 48.2 Å². The first-order valence-electron chi connectivity index (χ1n) is 10.6. The monoisotopic (exact) mass is 419 g/mol. The number of para-hydroxylation sites is 2. The third kappa shape index (κ3) is 3.50. The average Bonchev–Trinajstić information content (AvgIpc) is 3.10. The molecule has 2 aromatic carbocycles. The topological polar surface area (TPSA) is 74.9 Å². The Morgan fingerprint density at radius 1 is 0.968 bits per heavy atom. The highest BCUT2D eigenvalue weighted by Gasteiger charge is 2.33. The van der Waals surface area contributed by atoms with Crippen LogP contribution >= 0.6 is 0 Å². The van der Waals surface area contributed by atoms with Crippen molar-refractivity contribution in [1.82, 2.24) is 14.8 Å². The van der Waals surface area contributed by atoms with Crippen molar-refractivity contribution < 1.29 is 19.1 Å². The van der Waals surface area contributed by atoms with Crippen molar-refractivity contribution in [2.75, 3.05) is 32.8 Å². The molecule has 1 aromatic heterocycles. The van der Waals surface area contributed by atoms with Gasteiger partial charge in [0.05, 0.1) is 0 Å². The summed E-state index contributed by atoms with van der Waals surface area (Å²) in [4.78, 5) is 32.9. The van der Waals surface area contributed by atoms with Gasteiger partial charge in [-0.1, -0.05) is 12.1 Å². The molecule has 2 aliphatic heterocycles. The number of fused-ring (bicyclic) bond motifs is 2. The number of aromatic amines is 1. The number of nitrogens with one attached hydrogen (secondary N) is 1. The van der Waals surface area contributed by atoms with Crippen molar-refractivity contribution in [2.24, 2.45) is 0 Å². The Labute approximate surface area is 180 Å². The number of rotatable bonds is 2. The van der Waals surface area contributed by atoms with Crippen LogP contribution in [0.5, 0.6) is 11.5 Å². The van der Waals surface area contributed by atoms with Gasteiger partial charge >= 0.3 is 0 Å². The van der Waals surface area contributed by atoms with Crippen LogP contribution in [-0.2, 0) is 4.79 Å². The van der Waals surface area contributed by atoms with E-state index in [1.54, 1.807) is 11.0 Å². The molecule has 1 unspecified atom stereocenters. The summed E-state index contributed by atoms with van der Waals surface area (Å²) in [5, 5.41) is 1.08. The normalized spacial score (nSPS) is 18.3. The van der Waals surface area contributed by atoms with Crippen LogP contribution < -0.4 is 9.47 Å². The number of hydrogen-bond acceptors (Lipinski definition) is 4. The van der Waals surface area contributed by atoms with Crippen molar-refractivity contribution in [3.8, 4) is 11.5 Å². The van der Waals surface area contributed by atoms with Crippen molar-refractivity contribution in [1.29, 1.82) is 0 Å². The van der Waals surface area contributed by atoms with E-state index in [0.717, 1.165) is 22.2 Å². The molecule has 0 saturated carbocycles. The Bertz CT molecular complexity index is 1160. The summed E-state index contributed by atoms with van der Waals surface area (Å²) < 4.78 is 11.5. The SMILES string of the molecule is Cc1[nH]c2ccc(C(=O)N3CCN(C(=O)C4COc5ccccc5O4)CC3)cc2c1C. The first kappa shape index (κ1) is 19.5. The third-order valence-corrected chi connectivity index (χ3v) is 6.22. The Morgan fingerprint density at radius 2 is 1.68 bits per heavy atom. The largest absolute Gasteiger partial charge is 0.485 e. The summed E-state index contributed by atoms with van der Waals surface area (Å²) in [5.74, 6) is 1.15. The first-order chi connectivity index (χ1) is 15.0. The van der Waals surface area contributed by atoms with Gasteiger partial charge in [0.2, 0.25) is 6.10 Å². The van der Waals surface area contributed by atoms with Crippen LogP contribution in [0.3, 0.4) is 0 Å². The molecule has 3 aromatic rings. The van der Waals surface area contributed by atoms with E-state index in [4.69, 9.17) is 9.47 Å². The second kappa shape index (κ2) is 7.65. The molecule has 2 amide bonds. The molecule has 0 radical (unpaired) electrons. The van der Waals surface area contributed by atoms with Gasteiger partial charge in [-0.3, -0.25) is 9.59 Å². The predicted octanol–water partition coefficient (Wildman–Crippen LogP) is 2.91. The quantitative estimate of drug-likeness (QED) is 0.693. The van der Waals surface area contributed by atoms with Crippen LogP contribution in [0, 0.1) is 13.8 Å². The number of benzene rings is 2. The van der Waals surface area contributed by atoms with Gasteiger partial charge < -0.3 is 24.3 Å². The number of ether oxygens (including phenoxy) is 2. The van der Waals surface area contributed by atoms with E-state index in [9.17, 15) is 9.59 Å². The van der Waals surface area contributed by atoms with Gasteiger partial charge in [0.25, 0.3) is 11.8 Å². The summed E-state index contributed by atoms with van der Waals surface area (Å²) >= 11 is 0. The Kier molecular flexibility index (Phi) is 4.81. The second-order valence-corrected chi connectivity index (χ2v) is 8.12. The number of nitrogens with zero attached hydrogens (tertiary/aromatic N) is 2. The summed E-state index contributed by atoms with van der Waals surface area (Å²) in [7, 11) is 0. The molecule has 3 heterocycles. The van der Waals surface area contributed by atoms with E-state index >= 15 is 0 Å². The number of H-pyrrole nitrogens is 1. The zero-order valence-electron chi connectivity index (χ0n) is 17.7. The first-order valence-corrected chi connectivity index (χ1v) is 10.6. The van der Waals surface area contributed by atoms with E-state index < -0.39 is 6.10 Å². The van der Waals surface area contributed by atoms with E-state index in [-0.39, 0.29) is 18.4 Å². The summed E-state index contributed by atoms with van der Waals surface area (Å²) in [6, 6.07) is 13.1. The molecule has 1 saturated heterocycles. The minimum Gasteiger partial charge on any atom is -0.485 e. The molecule has 31 heavy (non-hydrogen) atoms. The zero-order valence-corrected chi connectivity index (χ0v) is 17.7. The lowest BCUT2D eigenvalue weighted by molar-refractivity contribution is -0.142. The molecule has 1 N–H and O–H groups in total. The summed E-state index contributed by atoms with van der Waals surface area (Å²) in [6.45, 7) is 6.25. The van der Waals surface area contributed by atoms with E-state index in [1.165, 1.54) is 0 Å². The molecular weight excluding hydrogens is 394 g/mol. The van der Waals surface area contributed by atoms with Crippen LogP contribution in [0.25, 0.3) is 10.9 Å². The number of amides is 2. The maximum atomic E-state index is 13.0. The maximum absolute atomic E-state index is 13.0. The lowest BCUT2D eigenvalue weighted by Crippen LogP contribution is -2.55. The van der Waals surface area contributed by atoms with Crippen molar-refractivity contribution in [3.63, 3.8) is 0 Å². The van der Waals surface area contributed by atoms with Gasteiger partial charge in [0, 0.05) is 48.3 Å². The highest BCUT2D eigenvalue weighted by Crippen LogP contribution is 2.31. The molecular formula is C24H25N3O4. The number of carbonyl (C=O) groups excluding carboxylic acids is 2. The number of aryl methyl sites for hydroxylation is 2. The molecule has 7 heteroatoms. The highest BCUT2D eigenvalue weighted by atomic mass is 16.6. The molecule has 1 atom stereocenters. The third-order valence-electron chi connectivity index (χ3n) is 6.22. The molecule has 160 valence electrons. The van der Waals surface area contributed by atoms with Crippen LogP contribution in [0.1, 0.15) is 21.6 Å². The minimum absolute atomic E-state index is 0.00145. The van der Waals surface area contributed by atoms with Gasteiger partial charge in [-0.25, -0.2) is 0 Å². The van der Waals surface area contributed by atoms with Gasteiger partial charge in [-0.2, -0.15) is 0 Å². The Balaban J connectivity index is 1.23. The molecule has 5 rings (SSSR count). The second-order valence-electron chi connectivity index (χ2n) is 8.12. The minimum atomic E-state index is -0.653. The van der Waals surface area contributed by atoms with Crippen molar-refractivity contribution in [3.05, 3.63) is 59.3 Å². The number of carbonyl (C=O) groups is 2. The lowest BCUT2D eigenvalue weighted by Gasteiger charge is -2.37. The molecule has 2 aliphatic rings. The standard InChI is InChI=1S/C24H25N3O4/c1-15-16(2)25-19-8-7-17(13-18(15)19)23(28)26-9-11-27(12-10-26)24(29)22-14-30-20-5-3-4-6-21(20)31-22/h3-8,13,22,25H,9-12,14H2,1-2H3. The molecule has 0 spiro atoms. The predicted molar refractivity (Wildman–Crippen MR) is 117 cm³/mol. The maximum Gasteiger partial charge on any atom is 0.267 e.